The molecule has 0 saturated heterocycles. The number of amides is 2. The summed E-state index contributed by atoms with van der Waals surface area (Å²) in [6.45, 7) is 0.637. The third-order valence-electron chi connectivity index (χ3n) is 5.59. The lowest BCUT2D eigenvalue weighted by Crippen LogP contribution is -2.48. The molecular weight excluding hydrogens is 428 g/mol. The minimum atomic E-state index is -1.02. The molecule has 1 aliphatic rings. The van der Waals surface area contributed by atoms with Crippen LogP contribution in [0, 0.1) is 0 Å². The zero-order chi connectivity index (χ0) is 23.1. The highest BCUT2D eigenvalue weighted by atomic mass is 32.2. The van der Waals surface area contributed by atoms with Gasteiger partial charge in [0.15, 0.2) is 0 Å². The van der Waals surface area contributed by atoms with E-state index in [1.807, 2.05) is 42.7 Å². The fourth-order valence-corrected chi connectivity index (χ4v) is 4.37. The van der Waals surface area contributed by atoms with Gasteiger partial charge in [0.25, 0.3) is 0 Å². The van der Waals surface area contributed by atoms with Crippen LogP contribution in [0.25, 0.3) is 11.1 Å². The van der Waals surface area contributed by atoms with Crippen molar-refractivity contribution in [3.05, 3.63) is 59.7 Å². The first-order chi connectivity index (χ1) is 15.4. The van der Waals surface area contributed by atoms with Gasteiger partial charge in [0, 0.05) is 31.7 Å². The quantitative estimate of drug-likeness (QED) is 0.567. The molecule has 1 unspecified atom stereocenters. The number of carboxylic acids is 1. The van der Waals surface area contributed by atoms with Gasteiger partial charge in [-0.2, -0.15) is 11.8 Å². The number of hydrogen-bond donors (Lipinski definition) is 2. The second-order valence-corrected chi connectivity index (χ2v) is 8.69. The second kappa shape index (κ2) is 11.0. The van der Waals surface area contributed by atoms with E-state index in [1.54, 1.807) is 18.8 Å². The lowest BCUT2D eigenvalue weighted by Gasteiger charge is -2.24. The Kier molecular flexibility index (Phi) is 8.16. The minimum Gasteiger partial charge on any atom is -0.481 e. The maximum Gasteiger partial charge on any atom is 0.407 e. The molecule has 3 rings (SSSR count). The monoisotopic (exact) mass is 456 g/mol. The van der Waals surface area contributed by atoms with Gasteiger partial charge in [-0.1, -0.05) is 48.5 Å². The lowest BCUT2D eigenvalue weighted by molar-refractivity contribution is -0.137. The van der Waals surface area contributed by atoms with Gasteiger partial charge in [-0.15, -0.1) is 0 Å². The molecule has 0 aliphatic heterocycles. The number of carboxylic acid groups (broad SMARTS) is 1. The predicted octanol–water partition coefficient (Wildman–Crippen LogP) is 3.58. The van der Waals surface area contributed by atoms with Gasteiger partial charge in [-0.3, -0.25) is 9.59 Å². The summed E-state index contributed by atoms with van der Waals surface area (Å²) in [5.74, 6) is -0.693. The number of nitrogens with zero attached hydrogens (tertiary/aromatic N) is 1. The van der Waals surface area contributed by atoms with E-state index in [0.717, 1.165) is 28.0 Å². The molecule has 0 spiro atoms. The number of carbonyl (C=O) groups excluding carboxylic acids is 2. The van der Waals surface area contributed by atoms with Crippen LogP contribution < -0.4 is 5.32 Å². The van der Waals surface area contributed by atoms with Gasteiger partial charge < -0.3 is 20.1 Å². The average molecular weight is 457 g/mol. The zero-order valence-electron chi connectivity index (χ0n) is 18.2. The maximum atomic E-state index is 12.7. The van der Waals surface area contributed by atoms with Gasteiger partial charge >= 0.3 is 12.1 Å². The van der Waals surface area contributed by atoms with E-state index in [1.165, 1.54) is 4.90 Å². The SMILES string of the molecule is CSCCN(C)C(=O)C(CCC(=O)O)NC(=O)OCC1c2ccccc2-c2ccccc21. The van der Waals surface area contributed by atoms with Crippen LogP contribution in [-0.4, -0.2) is 66.2 Å². The zero-order valence-corrected chi connectivity index (χ0v) is 19.1. The van der Waals surface area contributed by atoms with Crippen molar-refractivity contribution in [2.75, 3.05) is 32.2 Å². The third kappa shape index (κ3) is 5.62. The van der Waals surface area contributed by atoms with Crippen molar-refractivity contribution in [3.63, 3.8) is 0 Å². The molecule has 2 aromatic carbocycles. The molecule has 2 N–H and O–H groups in total. The van der Waals surface area contributed by atoms with E-state index >= 15 is 0 Å². The molecule has 7 nitrogen and oxygen atoms in total. The number of benzene rings is 2. The predicted molar refractivity (Wildman–Crippen MR) is 125 cm³/mol. The Morgan fingerprint density at radius 3 is 2.25 bits per heavy atom. The summed E-state index contributed by atoms with van der Waals surface area (Å²) >= 11 is 1.60. The molecule has 2 amide bonds. The van der Waals surface area contributed by atoms with E-state index in [0.29, 0.717) is 6.54 Å². The first kappa shape index (κ1) is 23.7. The van der Waals surface area contributed by atoms with Crippen molar-refractivity contribution in [1.29, 1.82) is 0 Å². The molecule has 1 aliphatic carbocycles. The van der Waals surface area contributed by atoms with Gasteiger partial charge in [-0.05, 0) is 34.9 Å². The highest BCUT2D eigenvalue weighted by molar-refractivity contribution is 7.98. The van der Waals surface area contributed by atoms with Crippen LogP contribution >= 0.6 is 11.8 Å². The van der Waals surface area contributed by atoms with Crippen LogP contribution in [0.1, 0.15) is 29.9 Å². The van der Waals surface area contributed by atoms with E-state index < -0.39 is 18.1 Å². The summed E-state index contributed by atoms with van der Waals surface area (Å²) in [5.41, 5.74) is 4.44. The van der Waals surface area contributed by atoms with Crippen LogP contribution in [0.15, 0.2) is 48.5 Å². The minimum absolute atomic E-state index is 0.00195. The van der Waals surface area contributed by atoms with Gasteiger partial charge in [-0.25, -0.2) is 4.79 Å². The number of ether oxygens (including phenoxy) is 1. The maximum absolute atomic E-state index is 12.7. The van der Waals surface area contributed by atoms with Crippen molar-refractivity contribution < 1.29 is 24.2 Å². The molecule has 32 heavy (non-hydrogen) atoms. The normalized spacial score (nSPS) is 13.1. The Labute approximate surface area is 192 Å². The molecule has 8 heteroatoms. The molecule has 170 valence electrons. The summed E-state index contributed by atoms with van der Waals surface area (Å²) in [7, 11) is 1.64. The van der Waals surface area contributed by atoms with Crippen LogP contribution in [0.3, 0.4) is 0 Å². The number of aliphatic carboxylic acids is 1. The molecular formula is C24H28N2O5S. The molecule has 0 saturated carbocycles. The Morgan fingerprint density at radius 1 is 1.09 bits per heavy atom. The number of fused-ring (bicyclic) bond motifs is 3. The molecule has 1 atom stereocenters. The molecule has 2 aromatic rings. The standard InChI is InChI=1S/C24H28N2O5S/c1-26(13-14-32-2)23(29)21(11-12-22(27)28)25-24(30)31-15-20-18-9-5-3-7-16(18)17-8-4-6-10-19(17)20/h3-10,20-21H,11-15H2,1-2H3,(H,25,30)(H,27,28). The van der Waals surface area contributed by atoms with Crippen molar-refractivity contribution >= 4 is 29.7 Å². The number of alkyl carbamates (subject to hydrolysis) is 1. The van der Waals surface area contributed by atoms with Crippen molar-refractivity contribution in [2.45, 2.75) is 24.8 Å². The average Bonchev–Trinajstić information content (AvgIpc) is 3.12. The van der Waals surface area contributed by atoms with Crippen molar-refractivity contribution in [1.82, 2.24) is 10.2 Å². The van der Waals surface area contributed by atoms with Crippen LogP contribution in [0.5, 0.6) is 0 Å². The fourth-order valence-electron chi connectivity index (χ4n) is 3.91. The van der Waals surface area contributed by atoms with E-state index in [9.17, 15) is 14.4 Å². The fraction of sp³-hybridized carbons (Fsp3) is 0.375. The Hall–Kier alpha value is -3.00. The number of rotatable bonds is 10. The van der Waals surface area contributed by atoms with Gasteiger partial charge in [0.1, 0.15) is 12.6 Å². The van der Waals surface area contributed by atoms with Crippen molar-refractivity contribution in [2.24, 2.45) is 0 Å². The highest BCUT2D eigenvalue weighted by Gasteiger charge is 2.30. The molecule has 0 bridgehead atoms. The van der Waals surface area contributed by atoms with E-state index in [-0.39, 0.29) is 31.3 Å². The number of hydrogen-bond acceptors (Lipinski definition) is 5. The smallest absolute Gasteiger partial charge is 0.407 e. The highest BCUT2D eigenvalue weighted by Crippen LogP contribution is 2.44. The summed E-state index contributed by atoms with van der Waals surface area (Å²) in [5, 5.41) is 11.6. The van der Waals surface area contributed by atoms with Crippen LogP contribution in [0.2, 0.25) is 0 Å². The Balaban J connectivity index is 1.66. The Morgan fingerprint density at radius 2 is 1.69 bits per heavy atom. The van der Waals surface area contributed by atoms with Gasteiger partial charge in [0.2, 0.25) is 5.91 Å². The Bertz CT molecular complexity index is 935. The number of carbonyl (C=O) groups is 3. The second-order valence-electron chi connectivity index (χ2n) is 7.71. The van der Waals surface area contributed by atoms with Gasteiger partial charge in [0.05, 0.1) is 0 Å². The number of thioether (sulfide) groups is 1. The van der Waals surface area contributed by atoms with Crippen molar-refractivity contribution in [3.8, 4) is 11.1 Å². The lowest BCUT2D eigenvalue weighted by atomic mass is 9.98. The molecule has 0 aromatic heterocycles. The first-order valence-electron chi connectivity index (χ1n) is 10.5. The molecule has 0 fully saturated rings. The molecule has 0 radical (unpaired) electrons. The number of likely N-dealkylation sites (N-methyl/N-ethyl adjacent to an activating group) is 1. The first-order valence-corrected chi connectivity index (χ1v) is 11.9. The van der Waals surface area contributed by atoms with Crippen LogP contribution in [-0.2, 0) is 14.3 Å². The molecule has 0 heterocycles. The topological polar surface area (TPSA) is 95.9 Å². The summed E-state index contributed by atoms with van der Waals surface area (Å²) in [6, 6.07) is 15.1. The third-order valence-corrected chi connectivity index (χ3v) is 6.18. The van der Waals surface area contributed by atoms with E-state index in [4.69, 9.17) is 9.84 Å². The summed E-state index contributed by atoms with van der Waals surface area (Å²) < 4.78 is 5.52. The van der Waals surface area contributed by atoms with Crippen LogP contribution in [0.4, 0.5) is 4.79 Å². The van der Waals surface area contributed by atoms with E-state index in [2.05, 4.69) is 17.4 Å². The summed E-state index contributed by atoms with van der Waals surface area (Å²) in [6.07, 6.45) is 0.988. The summed E-state index contributed by atoms with van der Waals surface area (Å²) in [4.78, 5) is 37.8. The largest absolute Gasteiger partial charge is 0.481 e. The number of nitrogens with one attached hydrogen (secondary N) is 1.